The van der Waals surface area contributed by atoms with Gasteiger partial charge in [-0.15, -0.1) is 0 Å². The Morgan fingerprint density at radius 1 is 1.08 bits per heavy atom. The molecule has 0 fully saturated rings. The van der Waals surface area contributed by atoms with Crippen molar-refractivity contribution in [3.05, 3.63) is 46.5 Å². The third kappa shape index (κ3) is 5.70. The Kier molecular flexibility index (Phi) is 6.89. The van der Waals surface area contributed by atoms with Gasteiger partial charge in [0.1, 0.15) is 0 Å². The summed E-state index contributed by atoms with van der Waals surface area (Å²) >= 11 is 0. The van der Waals surface area contributed by atoms with Crippen molar-refractivity contribution >= 4 is 15.8 Å². The molecule has 1 aromatic rings. The first-order valence-corrected chi connectivity index (χ1v) is 9.30. The van der Waals surface area contributed by atoms with Crippen molar-refractivity contribution in [2.24, 2.45) is 0 Å². The van der Waals surface area contributed by atoms with Crippen LogP contribution >= 0.6 is 0 Å². The summed E-state index contributed by atoms with van der Waals surface area (Å²) in [6.07, 6.45) is 9.40. The summed E-state index contributed by atoms with van der Waals surface area (Å²) in [5.74, 6) is 0. The number of hydrogen-bond acceptors (Lipinski definition) is 6. The molecule has 1 atom stereocenters. The first-order chi connectivity index (χ1) is 11.5. The molecule has 0 aromatic heterocycles. The Labute approximate surface area is 141 Å². The van der Waals surface area contributed by atoms with Gasteiger partial charge in [-0.25, -0.2) is 0 Å². The van der Waals surface area contributed by atoms with E-state index in [1.807, 2.05) is 0 Å². The van der Waals surface area contributed by atoms with E-state index >= 15 is 0 Å². The van der Waals surface area contributed by atoms with Crippen molar-refractivity contribution in [3.63, 3.8) is 0 Å². The molecule has 1 unspecified atom stereocenters. The van der Waals surface area contributed by atoms with Crippen LogP contribution < -0.4 is 0 Å². The summed E-state index contributed by atoms with van der Waals surface area (Å²) in [6.45, 7) is 0.117. The molecule has 132 valence electrons. The van der Waals surface area contributed by atoms with Crippen molar-refractivity contribution in [3.8, 4) is 0 Å². The number of allylic oxidation sites excluding steroid dienone is 2. The minimum absolute atomic E-state index is 0.0777. The second-order valence-electron chi connectivity index (χ2n) is 5.50. The van der Waals surface area contributed by atoms with Crippen LogP contribution in [0.3, 0.4) is 0 Å². The molecule has 7 nitrogen and oxygen atoms in total. The predicted octanol–water partition coefficient (Wildman–Crippen LogP) is 3.21. The number of nitro benzene ring substituents is 1. The lowest BCUT2D eigenvalue weighted by molar-refractivity contribution is -0.384. The van der Waals surface area contributed by atoms with E-state index < -0.39 is 15.0 Å². The van der Waals surface area contributed by atoms with Crippen LogP contribution in [0.1, 0.15) is 32.1 Å². The summed E-state index contributed by atoms with van der Waals surface area (Å²) in [5, 5.41) is 10.6. The van der Waals surface area contributed by atoms with Crippen LogP contribution in [0, 0.1) is 10.1 Å². The zero-order valence-electron chi connectivity index (χ0n) is 13.3. The monoisotopic (exact) mass is 355 g/mol. The molecule has 0 radical (unpaired) electrons. The topological polar surface area (TPSA) is 95.7 Å². The van der Waals surface area contributed by atoms with Gasteiger partial charge in [-0.1, -0.05) is 12.2 Å². The quantitative estimate of drug-likeness (QED) is 0.245. The van der Waals surface area contributed by atoms with Gasteiger partial charge in [0.2, 0.25) is 0 Å². The molecule has 24 heavy (non-hydrogen) atoms. The molecule has 0 saturated heterocycles. The highest BCUT2D eigenvalue weighted by atomic mass is 32.2. The zero-order valence-corrected chi connectivity index (χ0v) is 14.1. The van der Waals surface area contributed by atoms with E-state index in [-0.39, 0.29) is 29.9 Å². The smallest absolute Gasteiger partial charge is 0.297 e. The predicted molar refractivity (Wildman–Crippen MR) is 88.2 cm³/mol. The molecule has 8 heteroatoms. The van der Waals surface area contributed by atoms with Gasteiger partial charge in [0.25, 0.3) is 15.8 Å². The minimum Gasteiger partial charge on any atom is -0.376 e. The lowest BCUT2D eigenvalue weighted by Gasteiger charge is -2.18. The Balaban J connectivity index is 1.79. The Bertz CT molecular complexity index is 668. The SMILES string of the molecule is O=[N+]([O-])c1ccc(S(=O)(=O)OCCOC2CC/C=C\CCC2)cc1. The lowest BCUT2D eigenvalue weighted by atomic mass is 10.0. The fourth-order valence-electron chi connectivity index (χ4n) is 2.45. The van der Waals surface area contributed by atoms with Crippen molar-refractivity contribution in [2.75, 3.05) is 13.2 Å². The molecule has 0 heterocycles. The number of rotatable bonds is 7. The van der Waals surface area contributed by atoms with E-state index in [2.05, 4.69) is 12.2 Å². The molecule has 1 aromatic carbocycles. The molecular weight excluding hydrogens is 334 g/mol. The van der Waals surface area contributed by atoms with Gasteiger partial charge in [-0.05, 0) is 44.2 Å². The molecule has 0 amide bonds. The van der Waals surface area contributed by atoms with Gasteiger partial charge >= 0.3 is 0 Å². The fraction of sp³-hybridized carbons (Fsp3) is 0.500. The third-order valence-electron chi connectivity index (χ3n) is 3.73. The maximum absolute atomic E-state index is 12.0. The third-order valence-corrected chi connectivity index (χ3v) is 5.06. The van der Waals surface area contributed by atoms with E-state index in [0.29, 0.717) is 0 Å². The van der Waals surface area contributed by atoms with Crippen molar-refractivity contribution in [2.45, 2.75) is 43.1 Å². The lowest BCUT2D eigenvalue weighted by Crippen LogP contribution is -2.18. The molecule has 0 aliphatic heterocycles. The normalized spacial score (nSPS) is 20.1. The van der Waals surface area contributed by atoms with E-state index in [4.69, 9.17) is 8.92 Å². The maximum Gasteiger partial charge on any atom is 0.297 e. The summed E-state index contributed by atoms with van der Waals surface area (Å²) in [6, 6.07) is 4.59. The maximum atomic E-state index is 12.0. The van der Waals surface area contributed by atoms with Gasteiger partial charge in [-0.2, -0.15) is 8.42 Å². The van der Waals surface area contributed by atoms with Gasteiger partial charge in [0.05, 0.1) is 29.1 Å². The highest BCUT2D eigenvalue weighted by Crippen LogP contribution is 2.18. The van der Waals surface area contributed by atoms with Crippen LogP contribution in [0.2, 0.25) is 0 Å². The van der Waals surface area contributed by atoms with Crippen LogP contribution in [0.4, 0.5) is 5.69 Å². The fourth-order valence-corrected chi connectivity index (χ4v) is 3.35. The molecule has 0 spiro atoms. The molecule has 0 N–H and O–H groups in total. The van der Waals surface area contributed by atoms with E-state index in [1.54, 1.807) is 0 Å². The first-order valence-electron chi connectivity index (χ1n) is 7.89. The van der Waals surface area contributed by atoms with E-state index in [0.717, 1.165) is 56.4 Å². The van der Waals surface area contributed by atoms with E-state index in [9.17, 15) is 18.5 Å². The number of non-ortho nitro benzene ring substituents is 1. The number of hydrogen-bond donors (Lipinski definition) is 0. The number of benzene rings is 1. The molecule has 1 aliphatic rings. The average molecular weight is 355 g/mol. The number of ether oxygens (including phenoxy) is 1. The molecule has 2 rings (SSSR count). The van der Waals surface area contributed by atoms with Crippen molar-refractivity contribution in [1.29, 1.82) is 0 Å². The molecule has 0 bridgehead atoms. The van der Waals surface area contributed by atoms with E-state index in [1.165, 1.54) is 0 Å². The Morgan fingerprint density at radius 3 is 2.50 bits per heavy atom. The largest absolute Gasteiger partial charge is 0.376 e. The average Bonchev–Trinajstić information content (AvgIpc) is 2.53. The summed E-state index contributed by atoms with van der Waals surface area (Å²) < 4.78 is 34.6. The van der Waals surface area contributed by atoms with Gasteiger partial charge in [0.15, 0.2) is 0 Å². The Hall–Kier alpha value is -1.77. The minimum atomic E-state index is -3.93. The summed E-state index contributed by atoms with van der Waals surface area (Å²) in [5.41, 5.74) is -0.171. The molecule has 0 saturated carbocycles. The Morgan fingerprint density at radius 2 is 1.79 bits per heavy atom. The van der Waals surface area contributed by atoms with Crippen LogP contribution in [0.15, 0.2) is 41.3 Å². The van der Waals surface area contributed by atoms with Crippen LogP contribution in [-0.4, -0.2) is 32.7 Å². The van der Waals surface area contributed by atoms with Crippen LogP contribution in [-0.2, 0) is 19.0 Å². The second-order valence-corrected chi connectivity index (χ2v) is 7.11. The summed E-state index contributed by atoms with van der Waals surface area (Å²) in [7, 11) is -3.93. The number of nitrogens with zero attached hydrogens (tertiary/aromatic N) is 1. The highest BCUT2D eigenvalue weighted by molar-refractivity contribution is 7.86. The highest BCUT2D eigenvalue weighted by Gasteiger charge is 2.17. The van der Waals surface area contributed by atoms with Gasteiger partial charge in [-0.3, -0.25) is 14.3 Å². The first kappa shape index (κ1) is 18.6. The van der Waals surface area contributed by atoms with Gasteiger partial charge in [0, 0.05) is 12.1 Å². The van der Waals surface area contributed by atoms with Crippen LogP contribution in [0.5, 0.6) is 0 Å². The van der Waals surface area contributed by atoms with Crippen molar-refractivity contribution < 1.29 is 22.3 Å². The van der Waals surface area contributed by atoms with Gasteiger partial charge < -0.3 is 4.74 Å². The summed E-state index contributed by atoms with van der Waals surface area (Å²) in [4.78, 5) is 9.88. The molecular formula is C16H21NO6S. The standard InChI is InChI=1S/C16H21NO6S/c18-17(19)14-8-10-16(11-9-14)24(20,21)23-13-12-22-15-6-4-2-1-3-5-7-15/h1-2,8-11,15H,3-7,12-13H2/b2-1-. The van der Waals surface area contributed by atoms with Crippen molar-refractivity contribution in [1.82, 2.24) is 0 Å². The van der Waals surface area contributed by atoms with Crippen LogP contribution in [0.25, 0.3) is 0 Å². The zero-order chi connectivity index (χ0) is 17.4. The second kappa shape index (κ2) is 8.91. The molecule has 1 aliphatic carbocycles. The number of nitro groups is 1.